The van der Waals surface area contributed by atoms with Gasteiger partial charge in [0.1, 0.15) is 24.2 Å². The Labute approximate surface area is 169 Å². The Balaban J connectivity index is 1.53. The van der Waals surface area contributed by atoms with E-state index in [1.807, 2.05) is 30.3 Å². The SMILES string of the molecule is Cn1ccc(NC(=O)c2cc(OCc3ccccc3)cc(O[C@H]3CCOC3)c2)n1. The number of hydrogen-bond acceptors (Lipinski definition) is 5. The van der Waals surface area contributed by atoms with Crippen molar-refractivity contribution in [1.82, 2.24) is 9.78 Å². The lowest BCUT2D eigenvalue weighted by Crippen LogP contribution is -2.17. The van der Waals surface area contributed by atoms with Crippen molar-refractivity contribution < 1.29 is 19.0 Å². The Morgan fingerprint density at radius 3 is 2.76 bits per heavy atom. The zero-order chi connectivity index (χ0) is 20.1. The van der Waals surface area contributed by atoms with Gasteiger partial charge in [-0.15, -0.1) is 0 Å². The van der Waals surface area contributed by atoms with Crippen LogP contribution in [0.25, 0.3) is 0 Å². The molecule has 1 N–H and O–H groups in total. The zero-order valence-corrected chi connectivity index (χ0v) is 16.2. The Morgan fingerprint density at radius 2 is 2.03 bits per heavy atom. The molecule has 0 bridgehead atoms. The predicted octanol–water partition coefficient (Wildman–Crippen LogP) is 3.42. The van der Waals surface area contributed by atoms with Gasteiger partial charge in [0.15, 0.2) is 5.82 Å². The van der Waals surface area contributed by atoms with Crippen LogP contribution in [0.15, 0.2) is 60.8 Å². The maximum Gasteiger partial charge on any atom is 0.257 e. The zero-order valence-electron chi connectivity index (χ0n) is 16.2. The Hall–Kier alpha value is -3.32. The fraction of sp³-hybridized carbons (Fsp3) is 0.273. The summed E-state index contributed by atoms with van der Waals surface area (Å²) < 4.78 is 18.9. The van der Waals surface area contributed by atoms with Gasteiger partial charge >= 0.3 is 0 Å². The molecule has 1 fully saturated rings. The van der Waals surface area contributed by atoms with Gasteiger partial charge in [0.05, 0.1) is 13.2 Å². The van der Waals surface area contributed by atoms with E-state index in [9.17, 15) is 4.79 Å². The molecule has 3 aromatic rings. The molecule has 0 saturated carbocycles. The van der Waals surface area contributed by atoms with Gasteiger partial charge in [0, 0.05) is 37.4 Å². The molecule has 7 nitrogen and oxygen atoms in total. The second-order valence-corrected chi connectivity index (χ2v) is 6.90. The van der Waals surface area contributed by atoms with Gasteiger partial charge in [-0.25, -0.2) is 0 Å². The Bertz CT molecular complexity index is 965. The number of carbonyl (C=O) groups excluding carboxylic acids is 1. The molecule has 2 aromatic carbocycles. The van der Waals surface area contributed by atoms with E-state index in [2.05, 4.69) is 10.4 Å². The molecule has 4 rings (SSSR count). The monoisotopic (exact) mass is 393 g/mol. The van der Waals surface area contributed by atoms with Gasteiger partial charge < -0.3 is 19.5 Å². The summed E-state index contributed by atoms with van der Waals surface area (Å²) in [7, 11) is 1.79. The highest BCUT2D eigenvalue weighted by atomic mass is 16.5. The van der Waals surface area contributed by atoms with Crippen LogP contribution in [0.3, 0.4) is 0 Å². The first-order chi connectivity index (χ1) is 14.2. The minimum Gasteiger partial charge on any atom is -0.489 e. The van der Waals surface area contributed by atoms with Crippen molar-refractivity contribution in [3.05, 3.63) is 71.9 Å². The smallest absolute Gasteiger partial charge is 0.257 e. The summed E-state index contributed by atoms with van der Waals surface area (Å²) in [5, 5.41) is 6.98. The number of hydrogen-bond donors (Lipinski definition) is 1. The summed E-state index contributed by atoms with van der Waals surface area (Å²) in [6.45, 7) is 1.63. The van der Waals surface area contributed by atoms with E-state index in [1.165, 1.54) is 0 Å². The fourth-order valence-corrected chi connectivity index (χ4v) is 3.06. The topological polar surface area (TPSA) is 74.6 Å². The molecule has 29 heavy (non-hydrogen) atoms. The molecule has 1 saturated heterocycles. The third kappa shape index (κ3) is 5.14. The van der Waals surface area contributed by atoms with Crippen LogP contribution in [-0.2, 0) is 18.4 Å². The molecular formula is C22H23N3O4. The molecule has 1 aliphatic rings. The van der Waals surface area contributed by atoms with E-state index in [0.717, 1.165) is 12.0 Å². The van der Waals surface area contributed by atoms with Crippen LogP contribution >= 0.6 is 0 Å². The highest BCUT2D eigenvalue weighted by Crippen LogP contribution is 2.26. The lowest BCUT2D eigenvalue weighted by Gasteiger charge is -2.15. The van der Waals surface area contributed by atoms with E-state index < -0.39 is 0 Å². The number of aromatic nitrogens is 2. The van der Waals surface area contributed by atoms with Crippen LogP contribution < -0.4 is 14.8 Å². The third-order valence-electron chi connectivity index (χ3n) is 4.54. The maximum atomic E-state index is 12.7. The molecule has 0 radical (unpaired) electrons. The third-order valence-corrected chi connectivity index (χ3v) is 4.54. The minimum atomic E-state index is -0.276. The normalized spacial score (nSPS) is 15.8. The van der Waals surface area contributed by atoms with Gasteiger partial charge in [-0.3, -0.25) is 9.48 Å². The molecule has 1 amide bonds. The number of amides is 1. The summed E-state index contributed by atoms with van der Waals surface area (Å²) in [5.74, 6) is 1.36. The molecular weight excluding hydrogens is 370 g/mol. The van der Waals surface area contributed by atoms with E-state index in [-0.39, 0.29) is 12.0 Å². The van der Waals surface area contributed by atoms with Gasteiger partial charge in [-0.1, -0.05) is 30.3 Å². The number of anilines is 1. The Morgan fingerprint density at radius 1 is 1.21 bits per heavy atom. The standard InChI is InChI=1S/C22H23N3O4/c1-25-9-7-21(24-25)23-22(26)17-11-19(28-14-16-5-3-2-4-6-16)13-20(12-17)29-18-8-10-27-15-18/h2-7,9,11-13,18H,8,10,14-15H2,1H3,(H,23,24,26)/t18-/m0/s1. The molecule has 0 spiro atoms. The number of benzene rings is 2. The molecule has 0 unspecified atom stereocenters. The lowest BCUT2D eigenvalue weighted by atomic mass is 10.1. The highest BCUT2D eigenvalue weighted by Gasteiger charge is 2.19. The van der Waals surface area contributed by atoms with Gasteiger partial charge in [0.2, 0.25) is 0 Å². The highest BCUT2D eigenvalue weighted by molar-refractivity contribution is 6.04. The number of nitrogens with one attached hydrogen (secondary N) is 1. The average molecular weight is 393 g/mol. The van der Waals surface area contributed by atoms with Crippen LogP contribution in [0.5, 0.6) is 11.5 Å². The summed E-state index contributed by atoms with van der Waals surface area (Å²) in [6, 6.07) is 16.8. The van der Waals surface area contributed by atoms with Crippen LogP contribution in [0, 0.1) is 0 Å². The van der Waals surface area contributed by atoms with E-state index in [4.69, 9.17) is 14.2 Å². The molecule has 150 valence electrons. The first-order valence-corrected chi connectivity index (χ1v) is 9.53. The van der Waals surface area contributed by atoms with Crippen molar-refractivity contribution in [1.29, 1.82) is 0 Å². The molecule has 1 atom stereocenters. The van der Waals surface area contributed by atoms with Crippen molar-refractivity contribution in [2.75, 3.05) is 18.5 Å². The quantitative estimate of drug-likeness (QED) is 0.666. The molecule has 7 heteroatoms. The van der Waals surface area contributed by atoms with Gasteiger partial charge in [0.25, 0.3) is 5.91 Å². The first kappa shape index (κ1) is 19.0. The van der Waals surface area contributed by atoms with Gasteiger partial charge in [-0.2, -0.15) is 5.10 Å². The molecule has 1 aliphatic heterocycles. The number of carbonyl (C=O) groups is 1. The minimum absolute atomic E-state index is 0.0222. The van der Waals surface area contributed by atoms with Crippen molar-refractivity contribution in [2.24, 2.45) is 7.05 Å². The van der Waals surface area contributed by atoms with E-state index >= 15 is 0 Å². The summed E-state index contributed by atoms with van der Waals surface area (Å²) >= 11 is 0. The number of nitrogens with zero attached hydrogens (tertiary/aromatic N) is 2. The summed E-state index contributed by atoms with van der Waals surface area (Å²) in [4.78, 5) is 12.7. The number of aryl methyl sites for hydroxylation is 1. The van der Waals surface area contributed by atoms with Crippen molar-refractivity contribution in [3.63, 3.8) is 0 Å². The van der Waals surface area contributed by atoms with Crippen molar-refractivity contribution >= 4 is 11.7 Å². The van der Waals surface area contributed by atoms with Crippen molar-refractivity contribution in [3.8, 4) is 11.5 Å². The lowest BCUT2D eigenvalue weighted by molar-refractivity contribution is 0.102. The molecule has 0 aliphatic carbocycles. The van der Waals surface area contributed by atoms with Crippen LogP contribution in [0.1, 0.15) is 22.3 Å². The fourth-order valence-electron chi connectivity index (χ4n) is 3.06. The largest absolute Gasteiger partial charge is 0.489 e. The van der Waals surface area contributed by atoms with Crippen molar-refractivity contribution in [2.45, 2.75) is 19.1 Å². The summed E-state index contributed by atoms with van der Waals surface area (Å²) in [5.41, 5.74) is 1.48. The van der Waals surface area contributed by atoms with E-state index in [0.29, 0.717) is 42.7 Å². The maximum absolute atomic E-state index is 12.7. The Kier molecular flexibility index (Phi) is 5.76. The second kappa shape index (κ2) is 8.79. The number of ether oxygens (including phenoxy) is 3. The number of rotatable bonds is 7. The van der Waals surface area contributed by atoms with Crippen LogP contribution in [0.4, 0.5) is 5.82 Å². The van der Waals surface area contributed by atoms with E-state index in [1.54, 1.807) is 42.2 Å². The average Bonchev–Trinajstić information content (AvgIpc) is 3.38. The first-order valence-electron chi connectivity index (χ1n) is 9.53. The summed E-state index contributed by atoms with van der Waals surface area (Å²) in [6.07, 6.45) is 2.57. The van der Waals surface area contributed by atoms with Gasteiger partial charge in [-0.05, 0) is 17.7 Å². The van der Waals surface area contributed by atoms with Crippen LogP contribution in [-0.4, -0.2) is 35.0 Å². The second-order valence-electron chi connectivity index (χ2n) is 6.90. The predicted molar refractivity (Wildman–Crippen MR) is 108 cm³/mol. The molecule has 1 aromatic heterocycles. The van der Waals surface area contributed by atoms with Crippen LogP contribution in [0.2, 0.25) is 0 Å². The molecule has 2 heterocycles.